The van der Waals surface area contributed by atoms with Gasteiger partial charge in [0.05, 0.1) is 15.6 Å². The van der Waals surface area contributed by atoms with Crippen molar-refractivity contribution in [3.05, 3.63) is 58.1 Å². The maximum Gasteiger partial charge on any atom is 0.325 e. The summed E-state index contributed by atoms with van der Waals surface area (Å²) in [6, 6.07) is 9.51. The molecule has 170 valence electrons. The van der Waals surface area contributed by atoms with E-state index < -0.39 is 40.0 Å². The number of nitrogens with one attached hydrogen (secondary N) is 2. The van der Waals surface area contributed by atoms with Crippen LogP contribution in [0.3, 0.4) is 0 Å². The number of imide groups is 1. The molecule has 2 N–H and O–H groups in total. The fraction of sp³-hybridized carbons (Fsp3) is 0.250. The van der Waals surface area contributed by atoms with Gasteiger partial charge in [-0.25, -0.2) is 17.5 Å². The number of carbonyl (C=O) groups excluding carboxylic acids is 3. The van der Waals surface area contributed by atoms with Crippen molar-refractivity contribution in [2.45, 2.75) is 17.4 Å². The van der Waals surface area contributed by atoms with E-state index in [-0.39, 0.29) is 15.6 Å². The summed E-state index contributed by atoms with van der Waals surface area (Å²) in [5.74, 6) is -1.34. The Hall–Kier alpha value is -2.66. The minimum absolute atomic E-state index is 0.0344. The smallest absolute Gasteiger partial charge is 0.323 e. The maximum atomic E-state index is 13.0. The van der Waals surface area contributed by atoms with Crippen LogP contribution in [-0.2, 0) is 25.2 Å². The lowest BCUT2D eigenvalue weighted by Gasteiger charge is -2.22. The molecule has 0 saturated carbocycles. The Morgan fingerprint density at radius 3 is 2.34 bits per heavy atom. The average molecular weight is 499 g/mol. The van der Waals surface area contributed by atoms with Gasteiger partial charge < -0.3 is 10.6 Å². The molecule has 4 amide bonds. The number of hydrogen-bond donors (Lipinski definition) is 2. The SMILES string of the molecule is CN(C)S(=O)(=O)c1ccc(Cl)c(NC(=O)CN2C(=O)N[C@@](C)(c3ccc(Cl)cc3)C2=O)c1. The molecular formula is C20H20Cl2N4O5S. The molecule has 0 bridgehead atoms. The quantitative estimate of drug-likeness (QED) is 0.593. The molecule has 0 spiro atoms. The summed E-state index contributed by atoms with van der Waals surface area (Å²) in [5, 5.41) is 5.62. The molecule has 0 aromatic heterocycles. The molecule has 1 atom stereocenters. The third kappa shape index (κ3) is 4.44. The van der Waals surface area contributed by atoms with E-state index in [1.54, 1.807) is 24.3 Å². The van der Waals surface area contributed by atoms with Crippen molar-refractivity contribution in [2.24, 2.45) is 0 Å². The third-order valence-corrected chi connectivity index (χ3v) is 7.38. The maximum absolute atomic E-state index is 13.0. The van der Waals surface area contributed by atoms with Gasteiger partial charge in [-0.3, -0.25) is 14.5 Å². The summed E-state index contributed by atoms with van der Waals surface area (Å²) in [4.78, 5) is 38.7. The van der Waals surface area contributed by atoms with E-state index in [4.69, 9.17) is 23.2 Å². The zero-order valence-corrected chi connectivity index (χ0v) is 19.7. The number of carbonyl (C=O) groups is 3. The fourth-order valence-electron chi connectivity index (χ4n) is 3.12. The number of benzene rings is 2. The minimum atomic E-state index is -3.76. The van der Waals surface area contributed by atoms with Crippen LogP contribution in [0.25, 0.3) is 0 Å². The number of sulfonamides is 1. The van der Waals surface area contributed by atoms with Crippen LogP contribution in [0.5, 0.6) is 0 Å². The number of anilines is 1. The first-order chi connectivity index (χ1) is 14.9. The van der Waals surface area contributed by atoms with Gasteiger partial charge >= 0.3 is 6.03 Å². The van der Waals surface area contributed by atoms with E-state index >= 15 is 0 Å². The molecule has 1 aliphatic rings. The summed E-state index contributed by atoms with van der Waals surface area (Å²) >= 11 is 12.0. The van der Waals surface area contributed by atoms with Gasteiger partial charge in [0, 0.05) is 19.1 Å². The molecule has 9 nitrogen and oxygen atoms in total. The predicted octanol–water partition coefficient (Wildman–Crippen LogP) is 2.65. The van der Waals surface area contributed by atoms with Crippen LogP contribution >= 0.6 is 23.2 Å². The second-order valence-electron chi connectivity index (χ2n) is 7.43. The Labute approximate surface area is 195 Å². The van der Waals surface area contributed by atoms with Gasteiger partial charge in [0.2, 0.25) is 15.9 Å². The van der Waals surface area contributed by atoms with Gasteiger partial charge in [-0.1, -0.05) is 35.3 Å². The van der Waals surface area contributed by atoms with E-state index in [1.165, 1.54) is 39.2 Å². The lowest BCUT2D eigenvalue weighted by Crippen LogP contribution is -2.42. The van der Waals surface area contributed by atoms with Gasteiger partial charge in [-0.05, 0) is 42.8 Å². The van der Waals surface area contributed by atoms with Gasteiger partial charge in [0.25, 0.3) is 5.91 Å². The topological polar surface area (TPSA) is 116 Å². The van der Waals surface area contributed by atoms with Crippen molar-refractivity contribution in [2.75, 3.05) is 26.0 Å². The van der Waals surface area contributed by atoms with Gasteiger partial charge in [0.15, 0.2) is 0 Å². The Bertz CT molecular complexity index is 1200. The first kappa shape index (κ1) is 24.0. The zero-order chi connectivity index (χ0) is 23.8. The summed E-state index contributed by atoms with van der Waals surface area (Å²) in [6.45, 7) is 0.940. The van der Waals surface area contributed by atoms with Crippen LogP contribution in [0, 0.1) is 0 Å². The van der Waals surface area contributed by atoms with E-state index in [9.17, 15) is 22.8 Å². The first-order valence-corrected chi connectivity index (χ1v) is 11.5. The monoisotopic (exact) mass is 498 g/mol. The Balaban J connectivity index is 1.79. The number of halogens is 2. The van der Waals surface area contributed by atoms with Crippen molar-refractivity contribution in [1.82, 2.24) is 14.5 Å². The second-order valence-corrected chi connectivity index (χ2v) is 10.4. The number of amides is 4. The number of hydrogen-bond acceptors (Lipinski definition) is 5. The van der Waals surface area contributed by atoms with E-state index in [0.29, 0.717) is 10.6 Å². The van der Waals surface area contributed by atoms with Crippen molar-refractivity contribution in [1.29, 1.82) is 0 Å². The Kier molecular flexibility index (Phi) is 6.52. The predicted molar refractivity (Wildman–Crippen MR) is 120 cm³/mol. The molecule has 2 aromatic carbocycles. The number of nitrogens with zero attached hydrogens (tertiary/aromatic N) is 2. The summed E-state index contributed by atoms with van der Waals surface area (Å²) in [5.41, 5.74) is -0.820. The largest absolute Gasteiger partial charge is 0.325 e. The second kappa shape index (κ2) is 8.70. The molecule has 3 rings (SSSR count). The molecule has 1 saturated heterocycles. The van der Waals surface area contributed by atoms with Crippen molar-refractivity contribution in [3.63, 3.8) is 0 Å². The Morgan fingerprint density at radius 2 is 1.75 bits per heavy atom. The highest BCUT2D eigenvalue weighted by Crippen LogP contribution is 2.30. The minimum Gasteiger partial charge on any atom is -0.323 e. The van der Waals surface area contributed by atoms with Crippen molar-refractivity contribution in [3.8, 4) is 0 Å². The normalized spacial score (nSPS) is 18.8. The standard InChI is InChI=1S/C20H20Cl2N4O5S/c1-20(12-4-6-13(21)7-5-12)18(28)26(19(29)24-20)11-17(27)23-16-10-14(8-9-15(16)22)32(30,31)25(2)3/h4-10H,11H2,1-3H3,(H,23,27)(H,24,29)/t20-/m0/s1. The summed E-state index contributed by atoms with van der Waals surface area (Å²) in [7, 11) is -1.01. The number of rotatable bonds is 6. The Morgan fingerprint density at radius 1 is 1.12 bits per heavy atom. The molecule has 1 heterocycles. The molecule has 2 aromatic rings. The molecule has 0 unspecified atom stereocenters. The lowest BCUT2D eigenvalue weighted by molar-refractivity contribution is -0.133. The highest BCUT2D eigenvalue weighted by atomic mass is 35.5. The van der Waals surface area contributed by atoms with Crippen LogP contribution in [0.2, 0.25) is 10.0 Å². The van der Waals surface area contributed by atoms with Crippen LogP contribution in [0.15, 0.2) is 47.4 Å². The third-order valence-electron chi connectivity index (χ3n) is 4.99. The molecule has 1 fully saturated rings. The highest BCUT2D eigenvalue weighted by Gasteiger charge is 2.49. The van der Waals surface area contributed by atoms with Crippen molar-refractivity contribution < 1.29 is 22.8 Å². The zero-order valence-electron chi connectivity index (χ0n) is 17.3. The van der Waals surface area contributed by atoms with Crippen molar-refractivity contribution >= 4 is 56.8 Å². The van der Waals surface area contributed by atoms with E-state index in [1.807, 2.05) is 0 Å². The highest BCUT2D eigenvalue weighted by molar-refractivity contribution is 7.89. The van der Waals surface area contributed by atoms with Crippen LogP contribution in [0.4, 0.5) is 10.5 Å². The van der Waals surface area contributed by atoms with Crippen LogP contribution in [-0.4, -0.2) is 56.1 Å². The van der Waals surface area contributed by atoms with Gasteiger partial charge in [-0.2, -0.15) is 0 Å². The van der Waals surface area contributed by atoms with Gasteiger partial charge in [-0.15, -0.1) is 0 Å². The summed E-state index contributed by atoms with van der Waals surface area (Å²) in [6.07, 6.45) is 0. The van der Waals surface area contributed by atoms with Crippen LogP contribution < -0.4 is 10.6 Å². The van der Waals surface area contributed by atoms with E-state index in [0.717, 1.165) is 9.21 Å². The summed E-state index contributed by atoms with van der Waals surface area (Å²) < 4.78 is 25.7. The molecule has 32 heavy (non-hydrogen) atoms. The first-order valence-electron chi connectivity index (χ1n) is 9.28. The molecule has 12 heteroatoms. The molecule has 0 radical (unpaired) electrons. The van der Waals surface area contributed by atoms with E-state index in [2.05, 4.69) is 10.6 Å². The fourth-order valence-corrected chi connectivity index (χ4v) is 4.34. The van der Waals surface area contributed by atoms with Crippen LogP contribution in [0.1, 0.15) is 12.5 Å². The average Bonchev–Trinajstić information content (AvgIpc) is 2.93. The molecule has 0 aliphatic carbocycles. The lowest BCUT2D eigenvalue weighted by atomic mass is 9.92. The number of urea groups is 1. The molecule has 1 aliphatic heterocycles. The van der Waals surface area contributed by atoms with Gasteiger partial charge in [0.1, 0.15) is 12.1 Å². The molecular weight excluding hydrogens is 479 g/mol.